The van der Waals surface area contributed by atoms with Gasteiger partial charge in [0.1, 0.15) is 5.52 Å². The molecular formula is C22H23ClFN7. The molecule has 31 heavy (non-hydrogen) atoms. The van der Waals surface area contributed by atoms with Gasteiger partial charge in [-0.3, -0.25) is 0 Å². The number of nitrogens with one attached hydrogen (secondary N) is 1. The Balaban J connectivity index is 1.48. The van der Waals surface area contributed by atoms with Gasteiger partial charge in [-0.1, -0.05) is 11.6 Å². The number of halogens is 2. The molecule has 1 aromatic carbocycles. The van der Waals surface area contributed by atoms with E-state index in [9.17, 15) is 4.39 Å². The fourth-order valence-corrected chi connectivity index (χ4v) is 4.77. The zero-order valence-corrected chi connectivity index (χ0v) is 18.0. The van der Waals surface area contributed by atoms with Crippen molar-refractivity contribution in [3.05, 3.63) is 29.2 Å². The maximum atomic E-state index is 15.0. The fraction of sp³-hybridized carbons (Fsp3) is 0.455. The molecule has 2 aliphatic rings. The lowest BCUT2D eigenvalue weighted by Gasteiger charge is -2.25. The lowest BCUT2D eigenvalue weighted by atomic mass is 9.87. The quantitative estimate of drug-likeness (QED) is 0.641. The van der Waals surface area contributed by atoms with Crippen LogP contribution in [-0.4, -0.2) is 39.2 Å². The van der Waals surface area contributed by atoms with Crippen LogP contribution >= 0.6 is 11.6 Å². The molecule has 0 radical (unpaired) electrons. The molecule has 160 valence electrons. The first-order valence-corrected chi connectivity index (χ1v) is 11.0. The van der Waals surface area contributed by atoms with Gasteiger partial charge in [0.2, 0.25) is 11.9 Å². The predicted molar refractivity (Wildman–Crippen MR) is 119 cm³/mol. The molecule has 1 N–H and O–H groups in total. The summed E-state index contributed by atoms with van der Waals surface area (Å²) >= 11 is 6.41. The van der Waals surface area contributed by atoms with Crippen LogP contribution in [0.5, 0.6) is 0 Å². The van der Waals surface area contributed by atoms with Crippen molar-refractivity contribution in [2.24, 2.45) is 5.92 Å². The van der Waals surface area contributed by atoms with Gasteiger partial charge in [0, 0.05) is 37.7 Å². The number of nitrogens with zero attached hydrogens (tertiary/aromatic N) is 6. The molecule has 7 nitrogen and oxygen atoms in total. The molecule has 5 rings (SSSR count). The van der Waals surface area contributed by atoms with Gasteiger partial charge in [-0.25, -0.2) is 19.3 Å². The van der Waals surface area contributed by atoms with E-state index in [2.05, 4.69) is 26.3 Å². The number of benzene rings is 1. The Bertz CT molecular complexity index is 1180. The lowest BCUT2D eigenvalue weighted by molar-refractivity contribution is 0.396. The Kier molecular flexibility index (Phi) is 5.14. The molecule has 0 amide bonds. The summed E-state index contributed by atoms with van der Waals surface area (Å²) in [5.74, 6) is 0.994. The molecule has 0 saturated heterocycles. The average Bonchev–Trinajstić information content (AvgIpc) is 3.16. The molecule has 1 saturated carbocycles. The molecule has 1 aliphatic carbocycles. The number of fused-ring (bicyclic) bond motifs is 3. The Morgan fingerprint density at radius 1 is 1.19 bits per heavy atom. The monoisotopic (exact) mass is 439 g/mol. The van der Waals surface area contributed by atoms with Crippen LogP contribution in [-0.2, 0) is 6.54 Å². The van der Waals surface area contributed by atoms with Crippen LogP contribution in [0.4, 0.5) is 16.3 Å². The highest BCUT2D eigenvalue weighted by atomic mass is 35.5. The van der Waals surface area contributed by atoms with E-state index < -0.39 is 0 Å². The third-order valence-corrected chi connectivity index (χ3v) is 6.54. The highest BCUT2D eigenvalue weighted by Crippen LogP contribution is 2.34. The average molecular weight is 440 g/mol. The van der Waals surface area contributed by atoms with E-state index >= 15 is 0 Å². The molecule has 3 heterocycles. The minimum Gasteiger partial charge on any atom is -0.351 e. The molecule has 0 atom stereocenters. The second kappa shape index (κ2) is 7.97. The minimum atomic E-state index is -0.387. The molecule has 0 bridgehead atoms. The van der Waals surface area contributed by atoms with Gasteiger partial charge < -0.3 is 14.8 Å². The smallest absolute Gasteiger partial charge is 0.223 e. The van der Waals surface area contributed by atoms with E-state index in [4.69, 9.17) is 16.9 Å². The van der Waals surface area contributed by atoms with Gasteiger partial charge in [-0.15, -0.1) is 0 Å². The van der Waals surface area contributed by atoms with Gasteiger partial charge in [0.05, 0.1) is 28.5 Å². The van der Waals surface area contributed by atoms with E-state index in [1.54, 1.807) is 6.20 Å². The molecule has 0 unspecified atom stereocenters. The van der Waals surface area contributed by atoms with Gasteiger partial charge in [0.15, 0.2) is 5.82 Å². The number of rotatable bonds is 3. The van der Waals surface area contributed by atoms with Crippen LogP contribution in [0.2, 0.25) is 5.02 Å². The molecule has 1 fully saturated rings. The maximum Gasteiger partial charge on any atom is 0.223 e. The summed E-state index contributed by atoms with van der Waals surface area (Å²) in [5, 5.41) is 12.8. The van der Waals surface area contributed by atoms with Crippen LogP contribution in [0.15, 0.2) is 18.3 Å². The zero-order chi connectivity index (χ0) is 21.5. The third-order valence-electron chi connectivity index (χ3n) is 6.26. The number of hydrogen-bond donors (Lipinski definition) is 1. The molecule has 9 heteroatoms. The van der Waals surface area contributed by atoms with Crippen molar-refractivity contribution in [3.8, 4) is 17.3 Å². The third kappa shape index (κ3) is 3.68. The van der Waals surface area contributed by atoms with E-state index in [-0.39, 0.29) is 17.8 Å². The second-order valence-electron chi connectivity index (χ2n) is 8.38. The number of aromatic nitrogens is 4. The minimum absolute atomic E-state index is 0.134. The number of hydrogen-bond acceptors (Lipinski definition) is 6. The number of aryl methyl sites for hydroxylation is 1. The second-order valence-corrected chi connectivity index (χ2v) is 8.78. The molecule has 1 aliphatic heterocycles. The van der Waals surface area contributed by atoms with Crippen molar-refractivity contribution < 1.29 is 4.39 Å². The maximum absolute atomic E-state index is 15.0. The van der Waals surface area contributed by atoms with Crippen LogP contribution in [0.3, 0.4) is 0 Å². The van der Waals surface area contributed by atoms with Crippen LogP contribution in [0.1, 0.15) is 32.1 Å². The summed E-state index contributed by atoms with van der Waals surface area (Å²) in [4.78, 5) is 15.5. The number of anilines is 2. The summed E-state index contributed by atoms with van der Waals surface area (Å²) in [6.45, 7) is 1.70. The van der Waals surface area contributed by atoms with E-state index in [1.807, 2.05) is 22.6 Å². The zero-order valence-electron chi connectivity index (χ0n) is 17.3. The van der Waals surface area contributed by atoms with Crippen molar-refractivity contribution in [2.45, 2.75) is 44.7 Å². The summed E-state index contributed by atoms with van der Waals surface area (Å²) < 4.78 is 17.0. The van der Waals surface area contributed by atoms with Crippen LogP contribution < -0.4 is 10.2 Å². The first-order chi connectivity index (χ1) is 15.0. The molecule has 3 aromatic rings. The first-order valence-electron chi connectivity index (χ1n) is 10.6. The van der Waals surface area contributed by atoms with E-state index in [0.717, 1.165) is 56.7 Å². The SMILES string of the molecule is CN1CCCn2c1nc1c(F)cc(-c3nc(NC4CCC(C#N)CC4)ncc3Cl)cc12. The summed E-state index contributed by atoms with van der Waals surface area (Å²) in [6.07, 6.45) is 6.08. The summed E-state index contributed by atoms with van der Waals surface area (Å²) in [6, 6.07) is 5.91. The Labute approximate surface area is 184 Å². The van der Waals surface area contributed by atoms with Crippen LogP contribution in [0, 0.1) is 23.1 Å². The Morgan fingerprint density at radius 3 is 2.77 bits per heavy atom. The number of nitriles is 1. The fourth-order valence-electron chi connectivity index (χ4n) is 4.57. The normalized spacial score (nSPS) is 21.0. The first kappa shape index (κ1) is 20.0. The topological polar surface area (TPSA) is 82.7 Å². The number of imidazole rings is 1. The molecule has 2 aromatic heterocycles. The van der Waals surface area contributed by atoms with Crippen molar-refractivity contribution >= 4 is 34.5 Å². The van der Waals surface area contributed by atoms with Crippen molar-refractivity contribution in [2.75, 3.05) is 23.8 Å². The van der Waals surface area contributed by atoms with Gasteiger partial charge in [0.25, 0.3) is 0 Å². The molecule has 0 spiro atoms. The van der Waals surface area contributed by atoms with Gasteiger partial charge >= 0.3 is 0 Å². The van der Waals surface area contributed by atoms with E-state index in [1.165, 1.54) is 6.07 Å². The van der Waals surface area contributed by atoms with Crippen molar-refractivity contribution in [1.82, 2.24) is 19.5 Å². The highest BCUT2D eigenvalue weighted by Gasteiger charge is 2.24. The van der Waals surface area contributed by atoms with Crippen molar-refractivity contribution in [1.29, 1.82) is 5.26 Å². The van der Waals surface area contributed by atoms with Gasteiger partial charge in [-0.2, -0.15) is 5.26 Å². The largest absolute Gasteiger partial charge is 0.351 e. The highest BCUT2D eigenvalue weighted by molar-refractivity contribution is 6.33. The predicted octanol–water partition coefficient (Wildman–Crippen LogP) is 4.62. The molecular weight excluding hydrogens is 417 g/mol. The Hall–Kier alpha value is -2.92. The van der Waals surface area contributed by atoms with E-state index in [0.29, 0.717) is 27.7 Å². The standard InChI is InChI=1S/C22H23ClFN7/c1-30-7-2-8-31-18-10-14(9-17(24)20(18)29-22(30)31)19-16(23)12-26-21(28-19)27-15-5-3-13(11-25)4-6-15/h9-10,12-13,15H,2-8H2,1H3,(H,26,27,28). The summed E-state index contributed by atoms with van der Waals surface area (Å²) in [5.41, 5.74) is 2.20. The van der Waals surface area contributed by atoms with Gasteiger partial charge in [-0.05, 0) is 44.2 Å². The van der Waals surface area contributed by atoms with Crippen LogP contribution in [0.25, 0.3) is 22.3 Å². The van der Waals surface area contributed by atoms with Crippen molar-refractivity contribution in [3.63, 3.8) is 0 Å². The Morgan fingerprint density at radius 2 is 2.00 bits per heavy atom. The summed E-state index contributed by atoms with van der Waals surface area (Å²) in [7, 11) is 1.97. The lowest BCUT2D eigenvalue weighted by Crippen LogP contribution is -2.28.